The monoisotopic (exact) mass is 569 g/mol. The van der Waals surface area contributed by atoms with Gasteiger partial charge in [0.05, 0.1) is 54.9 Å². The number of aromatic nitrogens is 1. The molecule has 0 saturated carbocycles. The first-order valence-electron chi connectivity index (χ1n) is 12.3. The van der Waals surface area contributed by atoms with E-state index in [0.29, 0.717) is 34.1 Å². The lowest BCUT2D eigenvalue weighted by atomic mass is 9.86. The van der Waals surface area contributed by atoms with Gasteiger partial charge in [0.2, 0.25) is 10.0 Å². The van der Waals surface area contributed by atoms with Crippen LogP contribution in [0.2, 0.25) is 0 Å². The number of methoxy groups -OCH3 is 2. The predicted molar refractivity (Wildman–Crippen MR) is 158 cm³/mol. The van der Waals surface area contributed by atoms with Crippen molar-refractivity contribution in [3.8, 4) is 11.6 Å². The second-order valence-corrected chi connectivity index (χ2v) is 12.1. The van der Waals surface area contributed by atoms with Crippen LogP contribution < -0.4 is 41.1 Å². The summed E-state index contributed by atoms with van der Waals surface area (Å²) in [6.07, 6.45) is 4.30. The van der Waals surface area contributed by atoms with Crippen molar-refractivity contribution in [3.63, 3.8) is 0 Å². The quantitative estimate of drug-likeness (QED) is 0.225. The number of rotatable bonds is 9. The number of carbonyl (C=O) groups is 1. The van der Waals surface area contributed by atoms with Gasteiger partial charge in [-0.2, -0.15) is 4.98 Å². The van der Waals surface area contributed by atoms with Gasteiger partial charge in [-0.15, -0.1) is 0 Å². The lowest BCUT2D eigenvalue weighted by molar-refractivity contribution is -0.393. The largest absolute Gasteiger partial charge is 0.492 e. The van der Waals surface area contributed by atoms with E-state index in [-0.39, 0.29) is 16.9 Å². The topological polar surface area (TPSA) is 163 Å². The fourth-order valence-corrected chi connectivity index (χ4v) is 4.44. The normalized spacial score (nSPS) is 12.1. The zero-order valence-corrected chi connectivity index (χ0v) is 24.6. The van der Waals surface area contributed by atoms with Crippen molar-refractivity contribution in [3.05, 3.63) is 77.1 Å². The van der Waals surface area contributed by atoms with Crippen molar-refractivity contribution in [1.82, 2.24) is 0 Å². The zero-order valence-electron chi connectivity index (χ0n) is 23.7. The van der Waals surface area contributed by atoms with Gasteiger partial charge in [-0.3, -0.25) is 14.5 Å². The first kappa shape index (κ1) is 30.3. The lowest BCUT2D eigenvalue weighted by Gasteiger charge is -2.24. The third-order valence-electron chi connectivity index (χ3n) is 6.07. The number of sulfonamides is 1. The molecule has 0 aliphatic heterocycles. The minimum Gasteiger partial charge on any atom is -0.492 e. The van der Waals surface area contributed by atoms with Crippen molar-refractivity contribution in [2.45, 2.75) is 33.1 Å². The molecule has 0 spiro atoms. The maximum Gasteiger partial charge on any atom is 0.365 e. The molecule has 40 heavy (non-hydrogen) atoms. The number of carbonyl (C=O) groups excluding carboxylic acids is 1. The molecule has 0 radical (unpaired) electrons. The van der Waals surface area contributed by atoms with Crippen molar-refractivity contribution in [1.29, 1.82) is 0 Å². The van der Waals surface area contributed by atoms with E-state index in [9.17, 15) is 13.2 Å². The maximum absolute atomic E-state index is 13.4. The molecule has 1 heterocycles. The van der Waals surface area contributed by atoms with Crippen LogP contribution >= 0.6 is 0 Å². The molecular formula is C28H37N6O5S+. The second kappa shape index (κ2) is 11.8. The average Bonchev–Trinajstić information content (AvgIpc) is 2.87. The number of nitrogens with two attached hydrogens (primary N) is 2. The Morgan fingerprint density at radius 3 is 2.23 bits per heavy atom. The number of hydrogen-bond acceptors (Lipinski definition) is 8. The Kier molecular flexibility index (Phi) is 8.96. The summed E-state index contributed by atoms with van der Waals surface area (Å²) in [5, 5.41) is 4.21. The third kappa shape index (κ3) is 7.42. The molecule has 11 nitrogen and oxygen atoms in total. The fraction of sp³-hybridized carbons (Fsp3) is 0.286. The van der Waals surface area contributed by atoms with Crippen LogP contribution in [0.25, 0.3) is 5.70 Å². The van der Waals surface area contributed by atoms with Gasteiger partial charge in [0.1, 0.15) is 0 Å². The number of hydrazine groups is 1. The molecule has 0 fully saturated rings. The highest BCUT2D eigenvalue weighted by Gasteiger charge is 2.23. The predicted octanol–water partition coefficient (Wildman–Crippen LogP) is 3.39. The fourth-order valence-electron chi connectivity index (χ4n) is 3.88. The van der Waals surface area contributed by atoms with Crippen LogP contribution in [0.1, 0.15) is 47.8 Å². The van der Waals surface area contributed by atoms with E-state index >= 15 is 0 Å². The first-order chi connectivity index (χ1) is 18.6. The summed E-state index contributed by atoms with van der Waals surface area (Å²) in [4.78, 5) is 16.4. The van der Waals surface area contributed by atoms with E-state index < -0.39 is 15.9 Å². The zero-order chi connectivity index (χ0) is 29.8. The summed E-state index contributed by atoms with van der Waals surface area (Å²) in [7, 11) is -0.647. The SMILES string of the molecule is COc1ccc(/C(N)=C/N(N)c2cc(C(=O)Nc3cc(C(C)(C)C)cc(NS(C)(=O)=O)c3OC)ccc2C)c[nH+]1. The van der Waals surface area contributed by atoms with Gasteiger partial charge in [0.25, 0.3) is 5.91 Å². The molecule has 0 aliphatic carbocycles. The van der Waals surface area contributed by atoms with E-state index in [0.717, 1.165) is 17.4 Å². The van der Waals surface area contributed by atoms with E-state index in [4.69, 9.17) is 21.1 Å². The van der Waals surface area contributed by atoms with E-state index in [1.54, 1.807) is 62.0 Å². The van der Waals surface area contributed by atoms with Crippen LogP contribution in [0.5, 0.6) is 11.6 Å². The molecule has 3 aromatic rings. The number of amides is 1. The summed E-state index contributed by atoms with van der Waals surface area (Å²) < 4.78 is 37.2. The highest BCUT2D eigenvalue weighted by molar-refractivity contribution is 7.92. The Bertz CT molecular complexity index is 1530. The highest BCUT2D eigenvalue weighted by Crippen LogP contribution is 2.39. The number of aryl methyl sites for hydroxylation is 1. The molecule has 2 aromatic carbocycles. The molecular weight excluding hydrogens is 532 g/mol. The number of ether oxygens (including phenoxy) is 2. The Hall–Kier alpha value is -4.29. The van der Waals surface area contributed by atoms with Crippen LogP contribution in [-0.4, -0.2) is 34.8 Å². The number of pyridine rings is 1. The smallest absolute Gasteiger partial charge is 0.365 e. The Labute approximate surface area is 235 Å². The van der Waals surface area contributed by atoms with Gasteiger partial charge >= 0.3 is 5.88 Å². The highest BCUT2D eigenvalue weighted by atomic mass is 32.2. The van der Waals surface area contributed by atoms with Gasteiger partial charge < -0.3 is 20.5 Å². The molecule has 0 bridgehead atoms. The number of benzene rings is 2. The lowest BCUT2D eigenvalue weighted by Crippen LogP contribution is -2.27. The van der Waals surface area contributed by atoms with Gasteiger partial charge in [-0.25, -0.2) is 14.3 Å². The van der Waals surface area contributed by atoms with Crippen LogP contribution in [0.3, 0.4) is 0 Å². The number of nitrogens with one attached hydrogen (secondary N) is 3. The molecule has 214 valence electrons. The first-order valence-corrected chi connectivity index (χ1v) is 14.2. The Morgan fingerprint density at radius 1 is 1.02 bits per heavy atom. The van der Waals surface area contributed by atoms with Crippen molar-refractivity contribution < 1.29 is 27.7 Å². The van der Waals surface area contributed by atoms with Gasteiger partial charge in [0, 0.05) is 11.8 Å². The van der Waals surface area contributed by atoms with Crippen molar-refractivity contribution >= 4 is 38.7 Å². The van der Waals surface area contributed by atoms with Crippen LogP contribution in [0.15, 0.2) is 54.9 Å². The number of hydrogen-bond donors (Lipinski definition) is 4. The summed E-state index contributed by atoms with van der Waals surface area (Å²) in [5.41, 5.74) is 10.0. The average molecular weight is 570 g/mol. The molecule has 12 heteroatoms. The van der Waals surface area contributed by atoms with Crippen LogP contribution in [-0.2, 0) is 15.4 Å². The molecule has 0 atom stereocenters. The summed E-state index contributed by atoms with van der Waals surface area (Å²) in [6, 6.07) is 12.1. The molecule has 0 saturated heterocycles. The standard InChI is InChI=1S/C28H36N6O5S/c1-17-8-9-18(12-24(17)34(30)16-21(29)19-10-11-25(38-5)31-15-19)27(35)32-22-13-20(28(2,3)4)14-23(26(22)39-6)33-40(7,36)37/h8-16,33H,29-30H2,1-7H3,(H,32,35)/p+1/b21-16-. The molecule has 7 N–H and O–H groups in total. The summed E-state index contributed by atoms with van der Waals surface area (Å²) in [5.74, 6) is 6.66. The minimum atomic E-state index is -3.61. The summed E-state index contributed by atoms with van der Waals surface area (Å²) >= 11 is 0. The number of anilines is 3. The second-order valence-electron chi connectivity index (χ2n) is 10.3. The van der Waals surface area contributed by atoms with Gasteiger partial charge in [-0.1, -0.05) is 26.8 Å². The molecule has 3 rings (SSSR count). The third-order valence-corrected chi connectivity index (χ3v) is 6.66. The molecule has 1 amide bonds. The van der Waals surface area contributed by atoms with Crippen LogP contribution in [0, 0.1) is 6.92 Å². The van der Waals surface area contributed by atoms with Crippen LogP contribution in [0.4, 0.5) is 17.1 Å². The van der Waals surface area contributed by atoms with Crippen molar-refractivity contribution in [2.24, 2.45) is 11.6 Å². The molecule has 1 aromatic heterocycles. The van der Waals surface area contributed by atoms with Gasteiger partial charge in [-0.05, 0) is 53.8 Å². The summed E-state index contributed by atoms with van der Waals surface area (Å²) in [6.45, 7) is 7.81. The van der Waals surface area contributed by atoms with E-state index in [1.807, 2.05) is 27.7 Å². The van der Waals surface area contributed by atoms with E-state index in [2.05, 4.69) is 15.0 Å². The Balaban J connectivity index is 1.96. The number of nitrogens with zero attached hydrogens (tertiary/aromatic N) is 1. The number of aromatic amines is 1. The maximum atomic E-state index is 13.4. The molecule has 0 unspecified atom stereocenters. The minimum absolute atomic E-state index is 0.187. The molecule has 0 aliphatic rings. The van der Waals surface area contributed by atoms with Crippen molar-refractivity contribution in [2.75, 3.05) is 35.5 Å². The van der Waals surface area contributed by atoms with E-state index in [1.165, 1.54) is 12.1 Å². The number of H-pyrrole nitrogens is 1. The Morgan fingerprint density at radius 2 is 1.68 bits per heavy atom. The van der Waals surface area contributed by atoms with Gasteiger partial charge in [0.15, 0.2) is 11.9 Å².